The topological polar surface area (TPSA) is 45.8 Å². The van der Waals surface area contributed by atoms with Crippen LogP contribution >= 0.6 is 39.1 Å². The molecule has 1 N–H and O–H groups in total. The quantitative estimate of drug-likeness (QED) is 0.771. The number of nitrogens with zero attached hydrogens (tertiary/aromatic N) is 1. The van der Waals surface area contributed by atoms with Crippen molar-refractivity contribution in [3.63, 3.8) is 0 Å². The number of hydrogen-bond acceptors (Lipinski definition) is 2. The fourth-order valence-electron chi connectivity index (χ4n) is 2.07. The first-order valence-corrected chi connectivity index (χ1v) is 8.41. The molecule has 0 aliphatic carbocycles. The first-order chi connectivity index (χ1) is 9.92. The Labute approximate surface area is 141 Å². The molecule has 6 heteroatoms. The Bertz CT molecular complexity index is 690. The van der Waals surface area contributed by atoms with Crippen molar-refractivity contribution in [2.24, 2.45) is 0 Å². The highest BCUT2D eigenvalue weighted by Crippen LogP contribution is 2.29. The molecule has 1 aromatic heterocycles. The van der Waals surface area contributed by atoms with Gasteiger partial charge in [0.2, 0.25) is 0 Å². The maximum Gasteiger partial charge on any atom is 0.267 e. The number of alkyl halides is 1. The SMILES string of the molecule is CC(C)c1cc(Cc2c(Cl)cc(CBr)cc2Cl)n[nH]c1=O. The van der Waals surface area contributed by atoms with E-state index in [0.29, 0.717) is 27.4 Å². The summed E-state index contributed by atoms with van der Waals surface area (Å²) in [6.45, 7) is 3.94. The van der Waals surface area contributed by atoms with E-state index in [-0.39, 0.29) is 11.5 Å². The average Bonchev–Trinajstić information content (AvgIpc) is 2.43. The van der Waals surface area contributed by atoms with Gasteiger partial charge in [0.25, 0.3) is 5.56 Å². The van der Waals surface area contributed by atoms with Gasteiger partial charge in [-0.15, -0.1) is 0 Å². The van der Waals surface area contributed by atoms with Crippen molar-refractivity contribution in [1.29, 1.82) is 0 Å². The van der Waals surface area contributed by atoms with E-state index in [4.69, 9.17) is 23.2 Å². The first-order valence-electron chi connectivity index (χ1n) is 6.53. The largest absolute Gasteiger partial charge is 0.268 e. The summed E-state index contributed by atoms with van der Waals surface area (Å²) in [5.41, 5.74) is 3.14. The summed E-state index contributed by atoms with van der Waals surface area (Å²) in [6.07, 6.45) is 0.483. The molecular formula is C15H15BrCl2N2O. The summed E-state index contributed by atoms with van der Waals surface area (Å²) in [4.78, 5) is 11.7. The highest BCUT2D eigenvalue weighted by molar-refractivity contribution is 9.08. The lowest BCUT2D eigenvalue weighted by atomic mass is 10.0. The Morgan fingerprint density at radius 3 is 2.38 bits per heavy atom. The minimum atomic E-state index is -0.152. The van der Waals surface area contributed by atoms with Crippen LogP contribution in [-0.4, -0.2) is 10.2 Å². The fraction of sp³-hybridized carbons (Fsp3) is 0.333. The monoisotopic (exact) mass is 388 g/mol. The van der Waals surface area contributed by atoms with E-state index >= 15 is 0 Å². The number of halogens is 3. The Morgan fingerprint density at radius 1 is 1.24 bits per heavy atom. The Hall–Kier alpha value is -0.840. The molecule has 3 nitrogen and oxygen atoms in total. The second kappa shape index (κ2) is 6.95. The predicted molar refractivity (Wildman–Crippen MR) is 90.8 cm³/mol. The van der Waals surface area contributed by atoms with E-state index in [1.165, 1.54) is 0 Å². The maximum atomic E-state index is 11.7. The van der Waals surface area contributed by atoms with Crippen LogP contribution in [-0.2, 0) is 11.8 Å². The van der Waals surface area contributed by atoms with Gasteiger partial charge in [-0.05, 0) is 35.2 Å². The molecule has 0 aliphatic heterocycles. The predicted octanol–water partition coefficient (Wildman–Crippen LogP) is 4.69. The molecule has 0 radical (unpaired) electrons. The third kappa shape index (κ3) is 3.87. The molecule has 1 aromatic carbocycles. The summed E-state index contributed by atoms with van der Waals surface area (Å²) in [6, 6.07) is 5.58. The van der Waals surface area contributed by atoms with Gasteiger partial charge in [-0.1, -0.05) is 53.0 Å². The van der Waals surface area contributed by atoms with Gasteiger partial charge in [-0.3, -0.25) is 4.79 Å². The van der Waals surface area contributed by atoms with Crippen molar-refractivity contribution in [2.45, 2.75) is 31.5 Å². The van der Waals surface area contributed by atoms with Crippen LogP contribution in [0.3, 0.4) is 0 Å². The Balaban J connectivity index is 2.39. The van der Waals surface area contributed by atoms with Gasteiger partial charge >= 0.3 is 0 Å². The van der Waals surface area contributed by atoms with E-state index in [1.807, 2.05) is 32.0 Å². The molecule has 2 rings (SSSR count). The third-order valence-electron chi connectivity index (χ3n) is 3.22. The van der Waals surface area contributed by atoms with Gasteiger partial charge in [0.1, 0.15) is 0 Å². The summed E-state index contributed by atoms with van der Waals surface area (Å²) in [7, 11) is 0. The van der Waals surface area contributed by atoms with Gasteiger partial charge in [0, 0.05) is 27.4 Å². The zero-order chi connectivity index (χ0) is 15.6. The van der Waals surface area contributed by atoms with Crippen molar-refractivity contribution in [3.8, 4) is 0 Å². The fourth-order valence-corrected chi connectivity index (χ4v) is 3.06. The lowest BCUT2D eigenvalue weighted by Gasteiger charge is -2.10. The van der Waals surface area contributed by atoms with Crippen molar-refractivity contribution in [2.75, 3.05) is 0 Å². The number of hydrogen-bond donors (Lipinski definition) is 1. The second-order valence-electron chi connectivity index (χ2n) is 5.15. The summed E-state index contributed by atoms with van der Waals surface area (Å²) in [5, 5.41) is 8.52. The number of nitrogens with one attached hydrogen (secondary N) is 1. The molecule has 21 heavy (non-hydrogen) atoms. The number of rotatable bonds is 4. The van der Waals surface area contributed by atoms with Gasteiger partial charge in [-0.25, -0.2) is 5.10 Å². The number of benzene rings is 1. The highest BCUT2D eigenvalue weighted by Gasteiger charge is 2.12. The Morgan fingerprint density at radius 2 is 1.86 bits per heavy atom. The molecule has 1 heterocycles. The number of aromatic nitrogens is 2. The van der Waals surface area contributed by atoms with E-state index in [2.05, 4.69) is 26.1 Å². The smallest absolute Gasteiger partial charge is 0.267 e. The molecule has 0 spiro atoms. The third-order valence-corrected chi connectivity index (χ3v) is 4.54. The van der Waals surface area contributed by atoms with E-state index in [9.17, 15) is 4.79 Å². The summed E-state index contributed by atoms with van der Waals surface area (Å²) < 4.78 is 0. The molecule has 0 saturated heterocycles. The van der Waals surface area contributed by atoms with Crippen LogP contribution in [0.15, 0.2) is 23.0 Å². The first kappa shape index (κ1) is 16.5. The van der Waals surface area contributed by atoms with Gasteiger partial charge < -0.3 is 0 Å². The van der Waals surface area contributed by atoms with Crippen LogP contribution in [0.2, 0.25) is 10.0 Å². The molecule has 0 bridgehead atoms. The lowest BCUT2D eigenvalue weighted by molar-refractivity contribution is 0.801. The minimum Gasteiger partial charge on any atom is -0.268 e. The normalized spacial score (nSPS) is 11.1. The summed E-state index contributed by atoms with van der Waals surface area (Å²) >= 11 is 16.0. The van der Waals surface area contributed by atoms with Gasteiger partial charge in [0.15, 0.2) is 0 Å². The van der Waals surface area contributed by atoms with Crippen molar-refractivity contribution < 1.29 is 0 Å². The van der Waals surface area contributed by atoms with E-state index < -0.39 is 0 Å². The van der Waals surface area contributed by atoms with Crippen LogP contribution in [0.25, 0.3) is 0 Å². The van der Waals surface area contributed by atoms with Gasteiger partial charge in [-0.2, -0.15) is 5.10 Å². The molecule has 0 saturated carbocycles. The summed E-state index contributed by atoms with van der Waals surface area (Å²) in [5.74, 6) is 0.136. The molecule has 0 unspecified atom stereocenters. The Kier molecular flexibility index (Phi) is 5.47. The second-order valence-corrected chi connectivity index (χ2v) is 6.52. The van der Waals surface area contributed by atoms with Crippen molar-refractivity contribution in [3.05, 3.63) is 61.0 Å². The lowest BCUT2D eigenvalue weighted by Crippen LogP contribution is -2.17. The molecule has 2 aromatic rings. The zero-order valence-corrected chi connectivity index (χ0v) is 14.8. The van der Waals surface area contributed by atoms with Crippen LogP contribution in [0.1, 0.15) is 42.1 Å². The average molecular weight is 390 g/mol. The molecular weight excluding hydrogens is 375 g/mol. The van der Waals surface area contributed by atoms with Crippen LogP contribution in [0, 0.1) is 0 Å². The van der Waals surface area contributed by atoms with Crippen molar-refractivity contribution >= 4 is 39.1 Å². The highest BCUT2D eigenvalue weighted by atomic mass is 79.9. The number of aromatic amines is 1. The molecule has 112 valence electrons. The van der Waals surface area contributed by atoms with Crippen molar-refractivity contribution in [1.82, 2.24) is 10.2 Å². The minimum absolute atomic E-state index is 0.136. The molecule has 0 fully saturated rings. The standard InChI is InChI=1S/C15H15BrCl2N2O/c1-8(2)11-5-10(19-20-15(11)21)6-12-13(17)3-9(7-16)4-14(12)18/h3-5,8H,6-7H2,1-2H3,(H,20,21). The van der Waals surface area contributed by atoms with Crippen LogP contribution in [0.5, 0.6) is 0 Å². The number of H-pyrrole nitrogens is 1. The van der Waals surface area contributed by atoms with Crippen LogP contribution in [0.4, 0.5) is 0 Å². The van der Waals surface area contributed by atoms with Crippen LogP contribution < -0.4 is 5.56 Å². The van der Waals surface area contributed by atoms with E-state index in [0.717, 1.165) is 16.8 Å². The molecule has 0 amide bonds. The van der Waals surface area contributed by atoms with Gasteiger partial charge in [0.05, 0.1) is 5.69 Å². The zero-order valence-electron chi connectivity index (χ0n) is 11.7. The molecule has 0 aliphatic rings. The molecule has 0 atom stereocenters. The van der Waals surface area contributed by atoms with E-state index in [1.54, 1.807) is 0 Å². The maximum absolute atomic E-state index is 11.7.